The third-order valence-electron chi connectivity index (χ3n) is 5.11. The quantitative estimate of drug-likeness (QED) is 0.641. The van der Waals surface area contributed by atoms with E-state index in [1.165, 1.54) is 5.56 Å². The lowest BCUT2D eigenvalue weighted by molar-refractivity contribution is -0.140. The maximum Gasteiger partial charge on any atom is 0.242 e. The van der Waals surface area contributed by atoms with Gasteiger partial charge < -0.3 is 15.0 Å². The van der Waals surface area contributed by atoms with Crippen molar-refractivity contribution in [3.63, 3.8) is 0 Å². The first-order valence-electron chi connectivity index (χ1n) is 10.6. The van der Waals surface area contributed by atoms with E-state index in [4.69, 9.17) is 4.74 Å². The molecule has 0 bridgehead atoms. The molecule has 2 aromatic rings. The maximum atomic E-state index is 13.1. The Morgan fingerprint density at radius 2 is 1.57 bits per heavy atom. The Hall–Kier alpha value is -2.82. The normalized spacial score (nSPS) is 11.8. The Morgan fingerprint density at radius 1 is 0.967 bits per heavy atom. The van der Waals surface area contributed by atoms with E-state index in [1.807, 2.05) is 45.0 Å². The molecule has 0 aliphatic rings. The van der Waals surface area contributed by atoms with Crippen molar-refractivity contribution in [2.75, 3.05) is 13.7 Å². The predicted molar refractivity (Wildman–Crippen MR) is 120 cm³/mol. The van der Waals surface area contributed by atoms with Gasteiger partial charge in [-0.1, -0.05) is 55.8 Å². The average molecular weight is 411 g/mol. The Kier molecular flexibility index (Phi) is 8.90. The van der Waals surface area contributed by atoms with Gasteiger partial charge in [0, 0.05) is 19.5 Å². The molecule has 5 nitrogen and oxygen atoms in total. The summed E-state index contributed by atoms with van der Waals surface area (Å²) in [6, 6.07) is 15.3. The van der Waals surface area contributed by atoms with Crippen LogP contribution in [0.2, 0.25) is 0 Å². The van der Waals surface area contributed by atoms with Crippen molar-refractivity contribution in [2.24, 2.45) is 5.92 Å². The summed E-state index contributed by atoms with van der Waals surface area (Å²) in [5.74, 6) is 0.964. The smallest absolute Gasteiger partial charge is 0.242 e. The summed E-state index contributed by atoms with van der Waals surface area (Å²) in [5, 5.41) is 2.95. The second-order valence-electron chi connectivity index (χ2n) is 8.17. The number of amides is 2. The van der Waals surface area contributed by atoms with Gasteiger partial charge in [-0.2, -0.15) is 0 Å². The van der Waals surface area contributed by atoms with E-state index in [2.05, 4.69) is 29.6 Å². The molecule has 0 saturated carbocycles. The molecule has 0 aromatic heterocycles. The molecule has 0 unspecified atom stereocenters. The lowest BCUT2D eigenvalue weighted by Crippen LogP contribution is -2.48. The molecule has 0 aliphatic heterocycles. The number of rotatable bonds is 10. The summed E-state index contributed by atoms with van der Waals surface area (Å²) in [6.45, 7) is 8.91. The number of nitrogens with one attached hydrogen (secondary N) is 1. The third-order valence-corrected chi connectivity index (χ3v) is 5.11. The monoisotopic (exact) mass is 410 g/mol. The summed E-state index contributed by atoms with van der Waals surface area (Å²) < 4.78 is 5.21. The number of hydrogen-bond acceptors (Lipinski definition) is 3. The predicted octanol–water partition coefficient (Wildman–Crippen LogP) is 4.13. The fourth-order valence-corrected chi connectivity index (χ4v) is 3.11. The highest BCUT2D eigenvalue weighted by Gasteiger charge is 2.26. The van der Waals surface area contributed by atoms with Gasteiger partial charge in [-0.05, 0) is 49.4 Å². The van der Waals surface area contributed by atoms with Crippen LogP contribution in [0, 0.1) is 12.8 Å². The first-order chi connectivity index (χ1) is 14.3. The number of methoxy groups -OCH3 is 1. The highest BCUT2D eigenvalue weighted by Crippen LogP contribution is 2.16. The molecule has 1 atom stereocenters. The van der Waals surface area contributed by atoms with Crippen LogP contribution in [-0.4, -0.2) is 36.4 Å². The van der Waals surface area contributed by atoms with Gasteiger partial charge in [-0.3, -0.25) is 9.59 Å². The fourth-order valence-electron chi connectivity index (χ4n) is 3.11. The molecule has 0 saturated heterocycles. The number of hydrogen-bond donors (Lipinski definition) is 1. The van der Waals surface area contributed by atoms with Crippen molar-refractivity contribution in [3.05, 3.63) is 65.2 Å². The number of aryl methyl sites for hydroxylation is 2. The van der Waals surface area contributed by atoms with Gasteiger partial charge >= 0.3 is 0 Å². The SMILES string of the molecule is COc1ccc(CN(C(=O)CCc2ccc(C)cc2)[C@@H](C)C(=O)NCC(C)C)cc1. The fraction of sp³-hybridized carbons (Fsp3) is 0.440. The minimum absolute atomic E-state index is 0.0291. The molecule has 0 aliphatic carbocycles. The molecule has 162 valence electrons. The largest absolute Gasteiger partial charge is 0.497 e. The summed E-state index contributed by atoms with van der Waals surface area (Å²) in [6.07, 6.45) is 1.01. The van der Waals surface area contributed by atoms with Gasteiger partial charge in [0.15, 0.2) is 0 Å². The van der Waals surface area contributed by atoms with Crippen LogP contribution in [0.15, 0.2) is 48.5 Å². The van der Waals surface area contributed by atoms with Crippen LogP contribution in [0.5, 0.6) is 5.75 Å². The van der Waals surface area contributed by atoms with Gasteiger partial charge in [-0.15, -0.1) is 0 Å². The van der Waals surface area contributed by atoms with Crippen LogP contribution in [0.1, 0.15) is 43.9 Å². The number of ether oxygens (including phenoxy) is 1. The van der Waals surface area contributed by atoms with E-state index >= 15 is 0 Å². The summed E-state index contributed by atoms with van der Waals surface area (Å²) in [7, 11) is 1.62. The van der Waals surface area contributed by atoms with Gasteiger partial charge in [0.2, 0.25) is 11.8 Å². The van der Waals surface area contributed by atoms with E-state index in [0.717, 1.165) is 16.9 Å². The number of nitrogens with zero attached hydrogens (tertiary/aromatic N) is 1. The Balaban J connectivity index is 2.12. The van der Waals surface area contributed by atoms with Crippen molar-refractivity contribution in [2.45, 2.75) is 53.1 Å². The van der Waals surface area contributed by atoms with E-state index in [9.17, 15) is 9.59 Å². The zero-order valence-corrected chi connectivity index (χ0v) is 18.8. The molecule has 30 heavy (non-hydrogen) atoms. The zero-order chi connectivity index (χ0) is 22.1. The van der Waals surface area contributed by atoms with Crippen LogP contribution in [-0.2, 0) is 22.6 Å². The third kappa shape index (κ3) is 7.21. The highest BCUT2D eigenvalue weighted by atomic mass is 16.5. The van der Waals surface area contributed by atoms with E-state index in [-0.39, 0.29) is 11.8 Å². The molecule has 0 spiro atoms. The second kappa shape index (κ2) is 11.4. The zero-order valence-electron chi connectivity index (χ0n) is 18.8. The van der Waals surface area contributed by atoms with Gasteiger partial charge in [0.1, 0.15) is 11.8 Å². The van der Waals surface area contributed by atoms with Gasteiger partial charge in [0.05, 0.1) is 7.11 Å². The average Bonchev–Trinajstić information content (AvgIpc) is 2.75. The van der Waals surface area contributed by atoms with Crippen LogP contribution in [0.4, 0.5) is 0 Å². The van der Waals surface area contributed by atoms with E-state index in [0.29, 0.717) is 31.8 Å². The maximum absolute atomic E-state index is 13.1. The molecule has 2 amide bonds. The van der Waals surface area contributed by atoms with E-state index < -0.39 is 6.04 Å². The second-order valence-corrected chi connectivity index (χ2v) is 8.17. The first-order valence-corrected chi connectivity index (χ1v) is 10.6. The van der Waals surface area contributed by atoms with Crippen molar-refractivity contribution in [3.8, 4) is 5.75 Å². The molecule has 2 rings (SSSR count). The number of benzene rings is 2. The lowest BCUT2D eigenvalue weighted by Gasteiger charge is -2.29. The highest BCUT2D eigenvalue weighted by molar-refractivity contribution is 5.87. The summed E-state index contributed by atoms with van der Waals surface area (Å²) in [4.78, 5) is 27.5. The molecular weight excluding hydrogens is 376 g/mol. The lowest BCUT2D eigenvalue weighted by atomic mass is 10.1. The molecule has 0 radical (unpaired) electrons. The summed E-state index contributed by atoms with van der Waals surface area (Å²) >= 11 is 0. The molecule has 2 aromatic carbocycles. The Labute approximate surface area is 180 Å². The van der Waals surface area contributed by atoms with Gasteiger partial charge in [0.25, 0.3) is 0 Å². The standard InChI is InChI=1S/C25H34N2O3/c1-18(2)16-26-25(29)20(4)27(17-22-10-13-23(30-5)14-11-22)24(28)15-12-21-8-6-19(3)7-9-21/h6-11,13-14,18,20H,12,15-17H2,1-5H3,(H,26,29)/t20-/m0/s1. The minimum atomic E-state index is -0.545. The number of carbonyl (C=O) groups is 2. The summed E-state index contributed by atoms with van der Waals surface area (Å²) in [5.41, 5.74) is 3.28. The van der Waals surface area contributed by atoms with Gasteiger partial charge in [-0.25, -0.2) is 0 Å². The van der Waals surface area contributed by atoms with E-state index in [1.54, 1.807) is 18.9 Å². The van der Waals surface area contributed by atoms with Crippen LogP contribution >= 0.6 is 0 Å². The topological polar surface area (TPSA) is 58.6 Å². The van der Waals surface area contributed by atoms with Crippen molar-refractivity contribution < 1.29 is 14.3 Å². The van der Waals surface area contributed by atoms with Crippen molar-refractivity contribution in [1.82, 2.24) is 10.2 Å². The Morgan fingerprint density at radius 3 is 2.13 bits per heavy atom. The molecular formula is C25H34N2O3. The molecule has 1 N–H and O–H groups in total. The van der Waals surface area contributed by atoms with Crippen molar-refractivity contribution >= 4 is 11.8 Å². The number of carbonyl (C=O) groups excluding carboxylic acids is 2. The molecule has 0 fully saturated rings. The van der Waals surface area contributed by atoms with Crippen LogP contribution < -0.4 is 10.1 Å². The molecule has 0 heterocycles. The first kappa shape index (κ1) is 23.5. The van der Waals surface area contributed by atoms with Crippen molar-refractivity contribution in [1.29, 1.82) is 0 Å². The minimum Gasteiger partial charge on any atom is -0.497 e. The Bertz CT molecular complexity index is 813. The van der Waals surface area contributed by atoms with Crippen LogP contribution in [0.3, 0.4) is 0 Å². The molecule has 5 heteroatoms. The van der Waals surface area contributed by atoms with Crippen LogP contribution in [0.25, 0.3) is 0 Å².